The quantitative estimate of drug-likeness (QED) is 0.663. The lowest BCUT2D eigenvalue weighted by Crippen LogP contribution is -2.60. The summed E-state index contributed by atoms with van der Waals surface area (Å²) in [6.45, 7) is 4.06. The van der Waals surface area contributed by atoms with E-state index in [9.17, 15) is 4.79 Å². The van der Waals surface area contributed by atoms with E-state index in [1.165, 1.54) is 6.42 Å². The van der Waals surface area contributed by atoms with Gasteiger partial charge in [0.05, 0.1) is 11.3 Å². The molecule has 1 atom stereocenters. The van der Waals surface area contributed by atoms with Gasteiger partial charge >= 0.3 is 0 Å². The summed E-state index contributed by atoms with van der Waals surface area (Å²) >= 11 is 0. The Morgan fingerprint density at radius 3 is 2.82 bits per heavy atom. The molecule has 1 aromatic rings. The number of fused-ring (bicyclic) bond motifs is 2. The predicted octanol–water partition coefficient (Wildman–Crippen LogP) is 0.952. The number of nitrogens with zero attached hydrogens (tertiary/aromatic N) is 3. The van der Waals surface area contributed by atoms with Crippen molar-refractivity contribution in [3.05, 3.63) is 29.8 Å². The molecule has 3 heterocycles. The molecular weight excluding hydrogens is 214 g/mol. The molecule has 2 fully saturated rings. The normalized spacial score (nSPS) is 27.1. The van der Waals surface area contributed by atoms with Crippen LogP contribution in [-0.4, -0.2) is 48.2 Å². The van der Waals surface area contributed by atoms with Gasteiger partial charge in [0.15, 0.2) is 6.29 Å². The lowest BCUT2D eigenvalue weighted by molar-refractivity contribution is 0.0550. The second-order valence-corrected chi connectivity index (χ2v) is 4.95. The number of rotatable bonds is 0. The van der Waals surface area contributed by atoms with Crippen LogP contribution in [0.15, 0.2) is 24.3 Å². The fourth-order valence-electron chi connectivity index (χ4n) is 3.33. The van der Waals surface area contributed by atoms with Crippen LogP contribution in [0.1, 0.15) is 16.8 Å². The van der Waals surface area contributed by atoms with E-state index < -0.39 is 0 Å². The molecule has 0 N–H and O–H groups in total. The fraction of sp³-hybridized carbons (Fsp3) is 0.462. The molecule has 1 aromatic carbocycles. The molecule has 3 aliphatic heterocycles. The third-order valence-corrected chi connectivity index (χ3v) is 4.06. The number of hydrogen-bond acceptors (Lipinski definition) is 3. The maximum absolute atomic E-state index is 12.4. The van der Waals surface area contributed by atoms with Crippen LogP contribution in [0.5, 0.6) is 0 Å². The summed E-state index contributed by atoms with van der Waals surface area (Å²) in [5, 5.41) is 0. The first-order valence-corrected chi connectivity index (χ1v) is 6.27. The third-order valence-electron chi connectivity index (χ3n) is 4.06. The first-order chi connectivity index (χ1) is 8.36. The summed E-state index contributed by atoms with van der Waals surface area (Å²) in [7, 11) is 0. The van der Waals surface area contributed by atoms with Crippen LogP contribution in [0.2, 0.25) is 0 Å². The third kappa shape index (κ3) is 1.13. The van der Waals surface area contributed by atoms with E-state index in [1.54, 1.807) is 0 Å². The average Bonchev–Trinajstić information content (AvgIpc) is 2.81. The van der Waals surface area contributed by atoms with Crippen molar-refractivity contribution in [3.8, 4) is 0 Å². The molecule has 1 amide bonds. The zero-order valence-electron chi connectivity index (χ0n) is 9.67. The number of benzene rings is 1. The molecule has 0 spiro atoms. The first kappa shape index (κ1) is 9.48. The Kier molecular flexibility index (Phi) is 1.80. The second kappa shape index (κ2) is 3.23. The van der Waals surface area contributed by atoms with E-state index in [-0.39, 0.29) is 12.2 Å². The molecule has 4 heteroatoms. The van der Waals surface area contributed by atoms with Crippen LogP contribution >= 0.6 is 0 Å². The van der Waals surface area contributed by atoms with Crippen molar-refractivity contribution in [1.82, 2.24) is 9.80 Å². The number of anilines is 1. The van der Waals surface area contributed by atoms with Crippen LogP contribution in [-0.2, 0) is 0 Å². The van der Waals surface area contributed by atoms with Crippen molar-refractivity contribution < 1.29 is 4.79 Å². The highest BCUT2D eigenvalue weighted by atomic mass is 16.2. The minimum absolute atomic E-state index is 0.186. The lowest BCUT2D eigenvalue weighted by Gasteiger charge is -2.47. The van der Waals surface area contributed by atoms with Crippen molar-refractivity contribution in [3.63, 3.8) is 0 Å². The van der Waals surface area contributed by atoms with Crippen molar-refractivity contribution in [1.29, 1.82) is 0 Å². The molecule has 4 rings (SSSR count). The Morgan fingerprint density at radius 1 is 1.00 bits per heavy atom. The van der Waals surface area contributed by atoms with Gasteiger partial charge in [0.1, 0.15) is 0 Å². The van der Waals surface area contributed by atoms with Gasteiger partial charge in [-0.25, -0.2) is 0 Å². The van der Waals surface area contributed by atoms with Crippen LogP contribution in [0.3, 0.4) is 0 Å². The summed E-state index contributed by atoms with van der Waals surface area (Å²) < 4.78 is 0. The highest BCUT2D eigenvalue weighted by Crippen LogP contribution is 2.36. The number of hydrogen-bond donors (Lipinski definition) is 0. The molecule has 0 radical (unpaired) electrons. The van der Waals surface area contributed by atoms with E-state index in [0.717, 1.165) is 37.4 Å². The SMILES string of the molecule is O=C1c2ccccc2N2CCCN3CCN1C32. The van der Waals surface area contributed by atoms with Crippen molar-refractivity contribution in [2.75, 3.05) is 31.1 Å². The number of amides is 1. The van der Waals surface area contributed by atoms with Gasteiger partial charge in [0, 0.05) is 26.2 Å². The van der Waals surface area contributed by atoms with Crippen LogP contribution in [0, 0.1) is 0 Å². The Labute approximate surface area is 100 Å². The summed E-state index contributed by atoms with van der Waals surface area (Å²) in [5.41, 5.74) is 1.98. The smallest absolute Gasteiger partial charge is 0.258 e. The molecule has 17 heavy (non-hydrogen) atoms. The largest absolute Gasteiger partial charge is 0.338 e. The zero-order valence-corrected chi connectivity index (χ0v) is 9.67. The summed E-state index contributed by atoms with van der Waals surface area (Å²) in [6, 6.07) is 8.00. The summed E-state index contributed by atoms with van der Waals surface area (Å²) in [4.78, 5) is 19.2. The van der Waals surface area contributed by atoms with E-state index in [2.05, 4.69) is 15.9 Å². The Morgan fingerprint density at radius 2 is 1.88 bits per heavy atom. The molecule has 4 nitrogen and oxygen atoms in total. The van der Waals surface area contributed by atoms with Crippen molar-refractivity contribution in [2.45, 2.75) is 12.7 Å². The topological polar surface area (TPSA) is 26.8 Å². The van der Waals surface area contributed by atoms with Gasteiger partial charge in [-0.15, -0.1) is 0 Å². The number of carbonyl (C=O) groups excluding carboxylic acids is 1. The van der Waals surface area contributed by atoms with E-state index in [1.807, 2.05) is 23.1 Å². The van der Waals surface area contributed by atoms with Gasteiger partial charge in [-0.2, -0.15) is 0 Å². The minimum atomic E-state index is 0.186. The van der Waals surface area contributed by atoms with Crippen molar-refractivity contribution in [2.24, 2.45) is 0 Å². The molecule has 3 aliphatic rings. The van der Waals surface area contributed by atoms with Crippen LogP contribution in [0.4, 0.5) is 5.69 Å². The lowest BCUT2D eigenvalue weighted by atomic mass is 10.1. The van der Waals surface area contributed by atoms with E-state index in [4.69, 9.17) is 0 Å². The molecule has 0 aromatic heterocycles. The van der Waals surface area contributed by atoms with Crippen LogP contribution in [0.25, 0.3) is 0 Å². The Bertz CT molecular complexity index is 487. The molecule has 0 bridgehead atoms. The number of para-hydroxylation sites is 1. The van der Waals surface area contributed by atoms with E-state index in [0.29, 0.717) is 0 Å². The first-order valence-electron chi connectivity index (χ1n) is 6.27. The maximum atomic E-state index is 12.4. The molecule has 2 saturated heterocycles. The molecule has 88 valence electrons. The maximum Gasteiger partial charge on any atom is 0.258 e. The molecule has 1 unspecified atom stereocenters. The zero-order chi connectivity index (χ0) is 11.4. The Hall–Kier alpha value is -1.55. The molecule has 0 saturated carbocycles. The fourth-order valence-corrected chi connectivity index (χ4v) is 3.33. The molecule has 0 aliphatic carbocycles. The monoisotopic (exact) mass is 229 g/mol. The van der Waals surface area contributed by atoms with Gasteiger partial charge in [0.2, 0.25) is 0 Å². The summed E-state index contributed by atoms with van der Waals surface area (Å²) in [6.07, 6.45) is 1.37. The number of carbonyl (C=O) groups is 1. The van der Waals surface area contributed by atoms with Gasteiger partial charge < -0.3 is 9.80 Å². The van der Waals surface area contributed by atoms with Crippen LogP contribution < -0.4 is 4.90 Å². The van der Waals surface area contributed by atoms with Crippen molar-refractivity contribution >= 4 is 11.6 Å². The summed E-state index contributed by atoms with van der Waals surface area (Å²) in [5.74, 6) is 0.200. The highest BCUT2D eigenvalue weighted by Gasteiger charge is 2.45. The average molecular weight is 229 g/mol. The predicted molar refractivity (Wildman–Crippen MR) is 64.8 cm³/mol. The molecular formula is C13H15N3O. The second-order valence-electron chi connectivity index (χ2n) is 4.95. The van der Waals surface area contributed by atoms with Gasteiger partial charge in [-0.1, -0.05) is 12.1 Å². The van der Waals surface area contributed by atoms with E-state index >= 15 is 0 Å². The standard InChI is InChI=1S/C13H15N3O/c17-12-10-4-1-2-5-11(10)15-7-3-6-14-8-9-16(12)13(14)15/h1-2,4-5,13H,3,6-9H2. The van der Waals surface area contributed by atoms with Gasteiger partial charge in [-0.3, -0.25) is 9.69 Å². The van der Waals surface area contributed by atoms with Gasteiger partial charge in [-0.05, 0) is 18.6 Å². The minimum Gasteiger partial charge on any atom is -0.338 e. The van der Waals surface area contributed by atoms with Gasteiger partial charge in [0.25, 0.3) is 5.91 Å². The highest BCUT2D eigenvalue weighted by molar-refractivity contribution is 6.02. The Balaban J connectivity index is 1.89.